The van der Waals surface area contributed by atoms with Crippen LogP contribution in [0.5, 0.6) is 0 Å². The largest absolute Gasteiger partial charge is 0.356 e. The van der Waals surface area contributed by atoms with Gasteiger partial charge in [0.2, 0.25) is 11.9 Å². The van der Waals surface area contributed by atoms with Gasteiger partial charge in [-0.3, -0.25) is 4.79 Å². The van der Waals surface area contributed by atoms with Crippen molar-refractivity contribution >= 4 is 22.9 Å². The number of hydrogen-bond acceptors (Lipinski definition) is 3. The highest BCUT2D eigenvalue weighted by molar-refractivity contribution is 5.80. The zero-order chi connectivity index (χ0) is 20.1. The Bertz CT molecular complexity index is 942. The summed E-state index contributed by atoms with van der Waals surface area (Å²) < 4.78 is 2.33. The van der Waals surface area contributed by atoms with Gasteiger partial charge < -0.3 is 14.8 Å². The van der Waals surface area contributed by atoms with Crippen LogP contribution in [0.2, 0.25) is 0 Å². The molecule has 1 aliphatic heterocycles. The van der Waals surface area contributed by atoms with Gasteiger partial charge in [-0.2, -0.15) is 0 Å². The molecule has 0 aliphatic carbocycles. The monoisotopic (exact) mass is 390 g/mol. The van der Waals surface area contributed by atoms with E-state index < -0.39 is 0 Å². The quantitative estimate of drug-likeness (QED) is 0.663. The second-order valence-corrected chi connectivity index (χ2v) is 7.84. The number of nitrogens with zero attached hydrogens (tertiary/aromatic N) is 3. The third-order valence-corrected chi connectivity index (χ3v) is 5.79. The number of carbonyl (C=O) groups is 1. The van der Waals surface area contributed by atoms with E-state index in [2.05, 4.69) is 52.0 Å². The second kappa shape index (κ2) is 9.12. The maximum absolute atomic E-state index is 12.6. The number of piperidine rings is 1. The second-order valence-electron chi connectivity index (χ2n) is 7.84. The Balaban J connectivity index is 1.34. The molecule has 0 atom stereocenters. The number of amides is 1. The fourth-order valence-electron chi connectivity index (χ4n) is 4.21. The summed E-state index contributed by atoms with van der Waals surface area (Å²) in [6.45, 7) is 5.63. The number of para-hydroxylation sites is 2. The van der Waals surface area contributed by atoms with E-state index in [9.17, 15) is 4.79 Å². The molecule has 29 heavy (non-hydrogen) atoms. The van der Waals surface area contributed by atoms with E-state index in [0.717, 1.165) is 56.8 Å². The van der Waals surface area contributed by atoms with Crippen LogP contribution in [-0.2, 0) is 17.8 Å². The number of carbonyl (C=O) groups excluding carboxylic acids is 1. The third-order valence-electron chi connectivity index (χ3n) is 5.79. The molecule has 5 nitrogen and oxygen atoms in total. The van der Waals surface area contributed by atoms with Gasteiger partial charge in [-0.25, -0.2) is 4.98 Å². The van der Waals surface area contributed by atoms with Crippen LogP contribution in [0.25, 0.3) is 11.0 Å². The molecule has 0 radical (unpaired) electrons. The van der Waals surface area contributed by atoms with Crippen LogP contribution >= 0.6 is 0 Å². The van der Waals surface area contributed by atoms with Crippen LogP contribution in [0.1, 0.15) is 31.7 Å². The van der Waals surface area contributed by atoms with Gasteiger partial charge in [0.25, 0.3) is 0 Å². The summed E-state index contributed by atoms with van der Waals surface area (Å²) in [6, 6.07) is 18.7. The van der Waals surface area contributed by atoms with Gasteiger partial charge >= 0.3 is 0 Å². The maximum atomic E-state index is 12.6. The number of nitrogens with one attached hydrogen (secondary N) is 1. The minimum atomic E-state index is 0.103. The van der Waals surface area contributed by atoms with Crippen molar-refractivity contribution in [2.24, 2.45) is 5.92 Å². The van der Waals surface area contributed by atoms with Crippen molar-refractivity contribution in [3.63, 3.8) is 0 Å². The first-order valence-electron chi connectivity index (χ1n) is 10.8. The Morgan fingerprint density at radius 3 is 2.55 bits per heavy atom. The van der Waals surface area contributed by atoms with Crippen molar-refractivity contribution in [1.29, 1.82) is 0 Å². The average molecular weight is 391 g/mol. The van der Waals surface area contributed by atoms with Crippen molar-refractivity contribution in [3.05, 3.63) is 60.2 Å². The maximum Gasteiger partial charge on any atom is 0.223 e. The third kappa shape index (κ3) is 4.44. The van der Waals surface area contributed by atoms with Crippen molar-refractivity contribution < 1.29 is 4.79 Å². The van der Waals surface area contributed by atoms with E-state index in [1.165, 1.54) is 11.1 Å². The lowest BCUT2D eigenvalue weighted by atomic mass is 9.96. The lowest BCUT2D eigenvalue weighted by molar-refractivity contribution is -0.125. The van der Waals surface area contributed by atoms with E-state index in [0.29, 0.717) is 6.54 Å². The van der Waals surface area contributed by atoms with E-state index in [-0.39, 0.29) is 11.8 Å². The van der Waals surface area contributed by atoms with Gasteiger partial charge in [0.15, 0.2) is 0 Å². The van der Waals surface area contributed by atoms with Crippen molar-refractivity contribution in [3.8, 4) is 0 Å². The van der Waals surface area contributed by atoms with E-state index >= 15 is 0 Å². The molecule has 0 unspecified atom stereocenters. The summed E-state index contributed by atoms with van der Waals surface area (Å²) in [6.07, 6.45) is 3.72. The number of aryl methyl sites for hydroxylation is 1. The normalized spacial score (nSPS) is 15.0. The van der Waals surface area contributed by atoms with Gasteiger partial charge in [0.05, 0.1) is 11.0 Å². The van der Waals surface area contributed by atoms with Crippen LogP contribution in [0.4, 0.5) is 5.95 Å². The minimum absolute atomic E-state index is 0.103. The smallest absolute Gasteiger partial charge is 0.223 e. The van der Waals surface area contributed by atoms with Gasteiger partial charge in [-0.15, -0.1) is 0 Å². The number of hydrogen-bond donors (Lipinski definition) is 1. The highest BCUT2D eigenvalue weighted by Crippen LogP contribution is 2.27. The first-order chi connectivity index (χ1) is 14.3. The summed E-state index contributed by atoms with van der Waals surface area (Å²) in [5.41, 5.74) is 3.51. The Morgan fingerprint density at radius 1 is 1.07 bits per heavy atom. The Labute approximate surface area is 172 Å². The molecular weight excluding hydrogens is 360 g/mol. The first-order valence-corrected chi connectivity index (χ1v) is 10.8. The fraction of sp³-hybridized carbons (Fsp3) is 0.417. The summed E-state index contributed by atoms with van der Waals surface area (Å²) in [4.78, 5) is 19.8. The number of rotatable bonds is 7. The van der Waals surface area contributed by atoms with Crippen LogP contribution < -0.4 is 10.2 Å². The summed E-state index contributed by atoms with van der Waals surface area (Å²) in [5.74, 6) is 1.35. The van der Waals surface area contributed by atoms with Gasteiger partial charge in [0, 0.05) is 32.1 Å². The Morgan fingerprint density at radius 2 is 1.79 bits per heavy atom. The zero-order valence-corrected chi connectivity index (χ0v) is 17.2. The van der Waals surface area contributed by atoms with Crippen molar-refractivity contribution in [2.75, 3.05) is 24.5 Å². The standard InChI is InChI=1S/C24H30N4O/c1-2-16-28-22-11-7-6-10-21(22)26-24(28)27-17-13-20(14-18-27)23(29)25-15-12-19-8-4-3-5-9-19/h3-11,20H,2,12-18H2,1H3,(H,25,29). The highest BCUT2D eigenvalue weighted by atomic mass is 16.1. The molecule has 1 aliphatic rings. The van der Waals surface area contributed by atoms with Crippen LogP contribution in [0.3, 0.4) is 0 Å². The molecule has 1 saturated heterocycles. The lowest BCUT2D eigenvalue weighted by Gasteiger charge is -2.32. The molecular formula is C24H30N4O. The predicted octanol–water partition coefficient (Wildman–Crippen LogP) is 4.02. The average Bonchev–Trinajstić information content (AvgIpc) is 3.13. The molecule has 5 heteroatoms. The summed E-state index contributed by atoms with van der Waals surface area (Å²) >= 11 is 0. The molecule has 2 aromatic carbocycles. The predicted molar refractivity (Wildman–Crippen MR) is 118 cm³/mol. The lowest BCUT2D eigenvalue weighted by Crippen LogP contribution is -2.41. The van der Waals surface area contributed by atoms with Crippen LogP contribution in [-0.4, -0.2) is 35.1 Å². The Hall–Kier alpha value is -2.82. The molecule has 0 saturated carbocycles. The number of fused-ring (bicyclic) bond motifs is 1. The van der Waals surface area contributed by atoms with E-state index in [4.69, 9.17) is 4.98 Å². The van der Waals surface area contributed by atoms with Crippen molar-refractivity contribution in [1.82, 2.24) is 14.9 Å². The van der Waals surface area contributed by atoms with Gasteiger partial charge in [-0.05, 0) is 43.4 Å². The highest BCUT2D eigenvalue weighted by Gasteiger charge is 2.27. The molecule has 4 rings (SSSR count). The van der Waals surface area contributed by atoms with Crippen LogP contribution in [0.15, 0.2) is 54.6 Å². The van der Waals surface area contributed by atoms with Gasteiger partial charge in [-0.1, -0.05) is 49.4 Å². The van der Waals surface area contributed by atoms with E-state index in [1.54, 1.807) is 0 Å². The number of benzene rings is 2. The molecule has 152 valence electrons. The number of anilines is 1. The SMILES string of the molecule is CCCn1c(N2CCC(C(=O)NCCc3ccccc3)CC2)nc2ccccc21. The molecule has 1 fully saturated rings. The zero-order valence-electron chi connectivity index (χ0n) is 17.2. The van der Waals surface area contributed by atoms with E-state index in [1.807, 2.05) is 24.3 Å². The van der Waals surface area contributed by atoms with Gasteiger partial charge in [0.1, 0.15) is 0 Å². The molecule has 0 spiro atoms. The first kappa shape index (κ1) is 19.5. The molecule has 1 N–H and O–H groups in total. The van der Waals surface area contributed by atoms with Crippen LogP contribution in [0, 0.1) is 5.92 Å². The van der Waals surface area contributed by atoms with Crippen molar-refractivity contribution in [2.45, 2.75) is 39.2 Å². The molecule has 0 bridgehead atoms. The summed E-state index contributed by atoms with van der Waals surface area (Å²) in [5, 5.41) is 3.13. The molecule has 1 aromatic heterocycles. The molecule has 2 heterocycles. The summed E-state index contributed by atoms with van der Waals surface area (Å²) in [7, 11) is 0. The topological polar surface area (TPSA) is 50.2 Å². The minimum Gasteiger partial charge on any atom is -0.356 e. The fourth-order valence-corrected chi connectivity index (χ4v) is 4.21. The number of imidazole rings is 1. The molecule has 1 amide bonds. The Kier molecular flexibility index (Phi) is 6.13. The number of aromatic nitrogens is 2. The molecule has 3 aromatic rings.